The van der Waals surface area contributed by atoms with Crippen LogP contribution in [-0.2, 0) is 6.42 Å². The van der Waals surface area contributed by atoms with E-state index in [1.807, 2.05) is 31.2 Å². The van der Waals surface area contributed by atoms with Crippen LogP contribution in [0, 0.1) is 5.82 Å². The van der Waals surface area contributed by atoms with Gasteiger partial charge in [0.15, 0.2) is 0 Å². The first kappa shape index (κ1) is 14.8. The number of aliphatic hydroxyl groups excluding tert-OH is 1. The molecule has 2 rings (SSSR count). The third kappa shape index (κ3) is 3.71. The molecule has 1 unspecified atom stereocenters. The number of aliphatic hydroxyl groups is 1. The third-order valence-corrected chi connectivity index (χ3v) is 3.49. The van der Waals surface area contributed by atoms with E-state index < -0.39 is 0 Å². The van der Waals surface area contributed by atoms with Crippen LogP contribution in [0.3, 0.4) is 0 Å². The molecule has 0 saturated heterocycles. The molecule has 2 N–H and O–H groups in total. The summed E-state index contributed by atoms with van der Waals surface area (Å²) in [5, 5.41) is 12.6. The highest BCUT2D eigenvalue weighted by Crippen LogP contribution is 2.26. The van der Waals surface area contributed by atoms with Crippen LogP contribution < -0.4 is 5.32 Å². The largest absolute Gasteiger partial charge is 0.396 e. The van der Waals surface area contributed by atoms with E-state index in [4.69, 9.17) is 16.7 Å². The molecule has 2 nitrogen and oxygen atoms in total. The molecule has 0 aliphatic heterocycles. The molecular weight excluding hydrogens is 277 g/mol. The van der Waals surface area contributed by atoms with E-state index in [1.54, 1.807) is 6.07 Å². The minimum Gasteiger partial charge on any atom is -0.396 e. The molecule has 0 bridgehead atoms. The molecule has 4 heteroatoms. The summed E-state index contributed by atoms with van der Waals surface area (Å²) in [5.41, 5.74) is 2.90. The lowest BCUT2D eigenvalue weighted by Crippen LogP contribution is -2.07. The highest BCUT2D eigenvalue weighted by atomic mass is 35.5. The molecule has 2 aromatic carbocycles. The molecule has 0 amide bonds. The molecule has 0 aromatic heterocycles. The van der Waals surface area contributed by atoms with Crippen LogP contribution in [0.25, 0.3) is 0 Å². The second-order valence-corrected chi connectivity index (χ2v) is 5.11. The second kappa shape index (κ2) is 6.73. The van der Waals surface area contributed by atoms with Crippen molar-refractivity contribution in [2.24, 2.45) is 0 Å². The first-order valence-corrected chi connectivity index (χ1v) is 6.89. The Balaban J connectivity index is 2.08. The van der Waals surface area contributed by atoms with Gasteiger partial charge >= 0.3 is 0 Å². The van der Waals surface area contributed by atoms with Crippen molar-refractivity contribution in [2.75, 3.05) is 11.9 Å². The summed E-state index contributed by atoms with van der Waals surface area (Å²) < 4.78 is 13.0. The van der Waals surface area contributed by atoms with Crippen molar-refractivity contribution in [3.63, 3.8) is 0 Å². The van der Waals surface area contributed by atoms with Gasteiger partial charge < -0.3 is 10.4 Å². The van der Waals surface area contributed by atoms with E-state index in [2.05, 4.69) is 5.32 Å². The maximum absolute atomic E-state index is 13.0. The van der Waals surface area contributed by atoms with Crippen molar-refractivity contribution < 1.29 is 9.50 Å². The fourth-order valence-corrected chi connectivity index (χ4v) is 2.41. The minimum atomic E-state index is -0.334. The number of benzene rings is 2. The Labute approximate surface area is 123 Å². The smallest absolute Gasteiger partial charge is 0.124 e. The third-order valence-electron chi connectivity index (χ3n) is 3.17. The minimum absolute atomic E-state index is 0.0215. The lowest BCUT2D eigenvalue weighted by atomic mass is 10.1. The fraction of sp³-hybridized carbons (Fsp3) is 0.250. The second-order valence-electron chi connectivity index (χ2n) is 4.70. The van der Waals surface area contributed by atoms with Crippen LogP contribution in [0.5, 0.6) is 0 Å². The lowest BCUT2D eigenvalue weighted by Gasteiger charge is -2.17. The first-order chi connectivity index (χ1) is 9.60. The number of halogens is 2. The van der Waals surface area contributed by atoms with Crippen molar-refractivity contribution in [3.8, 4) is 0 Å². The average molecular weight is 294 g/mol. The van der Waals surface area contributed by atoms with Gasteiger partial charge in [-0.15, -0.1) is 0 Å². The summed E-state index contributed by atoms with van der Waals surface area (Å²) in [6.45, 7) is 2.12. The summed E-state index contributed by atoms with van der Waals surface area (Å²) in [6.07, 6.45) is 0.652. The zero-order chi connectivity index (χ0) is 14.5. The molecule has 0 radical (unpaired) electrons. The molecule has 0 fully saturated rings. The number of hydrogen-bond donors (Lipinski definition) is 2. The monoisotopic (exact) mass is 293 g/mol. The van der Waals surface area contributed by atoms with Gasteiger partial charge in [0, 0.05) is 23.4 Å². The van der Waals surface area contributed by atoms with Crippen molar-refractivity contribution in [1.82, 2.24) is 0 Å². The molecule has 1 atom stereocenters. The first-order valence-electron chi connectivity index (χ1n) is 6.51. The molecule has 0 spiro atoms. The highest BCUT2D eigenvalue weighted by Gasteiger charge is 2.10. The van der Waals surface area contributed by atoms with Gasteiger partial charge in [0.05, 0.1) is 0 Å². The average Bonchev–Trinajstić information content (AvgIpc) is 2.41. The molecule has 0 aliphatic rings. The van der Waals surface area contributed by atoms with Gasteiger partial charge in [-0.05, 0) is 48.7 Å². The summed E-state index contributed by atoms with van der Waals surface area (Å²) in [6, 6.07) is 12.2. The van der Waals surface area contributed by atoms with E-state index in [9.17, 15) is 4.39 Å². The van der Waals surface area contributed by atoms with Crippen molar-refractivity contribution in [2.45, 2.75) is 19.4 Å². The van der Waals surface area contributed by atoms with Crippen molar-refractivity contribution >= 4 is 17.3 Å². The Morgan fingerprint density at radius 1 is 1.20 bits per heavy atom. The van der Waals surface area contributed by atoms with Crippen LogP contribution in [0.4, 0.5) is 10.1 Å². The van der Waals surface area contributed by atoms with Crippen LogP contribution >= 0.6 is 11.6 Å². The van der Waals surface area contributed by atoms with E-state index in [-0.39, 0.29) is 18.5 Å². The Bertz CT molecular complexity index is 571. The van der Waals surface area contributed by atoms with Crippen molar-refractivity contribution in [3.05, 3.63) is 64.4 Å². The van der Waals surface area contributed by atoms with E-state index >= 15 is 0 Å². The Kier molecular flexibility index (Phi) is 4.99. The Morgan fingerprint density at radius 2 is 1.90 bits per heavy atom. The van der Waals surface area contributed by atoms with E-state index in [1.165, 1.54) is 12.1 Å². The van der Waals surface area contributed by atoms with Gasteiger partial charge in [-0.3, -0.25) is 0 Å². The molecule has 0 saturated carbocycles. The Hall–Kier alpha value is -1.58. The van der Waals surface area contributed by atoms with Crippen LogP contribution in [0.15, 0.2) is 42.5 Å². The maximum atomic E-state index is 13.0. The Morgan fingerprint density at radius 3 is 2.50 bits per heavy atom. The van der Waals surface area contributed by atoms with Gasteiger partial charge in [-0.1, -0.05) is 29.8 Å². The van der Waals surface area contributed by atoms with Gasteiger partial charge in [0.1, 0.15) is 5.82 Å². The van der Waals surface area contributed by atoms with Gasteiger partial charge in [0.2, 0.25) is 0 Å². The van der Waals surface area contributed by atoms with Crippen LogP contribution in [0.1, 0.15) is 24.1 Å². The molecule has 20 heavy (non-hydrogen) atoms. The normalized spacial score (nSPS) is 12.2. The molecule has 0 heterocycles. The van der Waals surface area contributed by atoms with Crippen molar-refractivity contribution in [1.29, 1.82) is 0 Å². The molecule has 0 aliphatic carbocycles. The van der Waals surface area contributed by atoms with Crippen LogP contribution in [-0.4, -0.2) is 11.7 Å². The summed E-state index contributed by atoms with van der Waals surface area (Å²) in [7, 11) is 0. The molecular formula is C16H17ClFNO. The topological polar surface area (TPSA) is 32.3 Å². The summed E-state index contributed by atoms with van der Waals surface area (Å²) in [4.78, 5) is 0. The summed E-state index contributed by atoms with van der Waals surface area (Å²) >= 11 is 6.05. The number of rotatable bonds is 5. The van der Waals surface area contributed by atoms with Gasteiger partial charge in [-0.25, -0.2) is 4.39 Å². The quantitative estimate of drug-likeness (QED) is 0.866. The zero-order valence-electron chi connectivity index (χ0n) is 11.2. The van der Waals surface area contributed by atoms with Gasteiger partial charge in [-0.2, -0.15) is 0 Å². The lowest BCUT2D eigenvalue weighted by molar-refractivity contribution is 0.299. The SMILES string of the molecule is CC(Nc1ccc(CCO)cc1)c1ccc(F)cc1Cl. The maximum Gasteiger partial charge on any atom is 0.124 e. The number of nitrogens with one attached hydrogen (secondary N) is 1. The zero-order valence-corrected chi connectivity index (χ0v) is 12.0. The van der Waals surface area contributed by atoms with E-state index in [0.29, 0.717) is 11.4 Å². The number of anilines is 1. The fourth-order valence-electron chi connectivity index (χ4n) is 2.08. The predicted molar refractivity (Wildman–Crippen MR) is 80.7 cm³/mol. The van der Waals surface area contributed by atoms with Gasteiger partial charge in [0.25, 0.3) is 0 Å². The van der Waals surface area contributed by atoms with Crippen LogP contribution in [0.2, 0.25) is 5.02 Å². The highest BCUT2D eigenvalue weighted by molar-refractivity contribution is 6.31. The predicted octanol–water partition coefficient (Wildman–Crippen LogP) is 4.19. The number of hydrogen-bond acceptors (Lipinski definition) is 2. The standard InChI is InChI=1S/C16H17ClFNO/c1-11(15-7-4-13(18)10-16(15)17)19-14-5-2-12(3-6-14)8-9-20/h2-7,10-11,19-20H,8-9H2,1H3. The molecule has 106 valence electrons. The summed E-state index contributed by atoms with van der Waals surface area (Å²) in [5.74, 6) is -0.334. The van der Waals surface area contributed by atoms with E-state index in [0.717, 1.165) is 16.8 Å². The molecule has 2 aromatic rings.